The fraction of sp³-hybridized carbons (Fsp3) is 0.280. The van der Waals surface area contributed by atoms with Crippen molar-refractivity contribution in [2.45, 2.75) is 20.8 Å². The molecule has 1 amide bonds. The van der Waals surface area contributed by atoms with Gasteiger partial charge in [-0.25, -0.2) is 0 Å². The summed E-state index contributed by atoms with van der Waals surface area (Å²) < 4.78 is 18.1. The molecule has 0 atom stereocenters. The summed E-state index contributed by atoms with van der Waals surface area (Å²) in [6.07, 6.45) is 3.48. The molecule has 2 aromatic carbocycles. The standard InChI is InChI=1S/C25H27NO4S2/c1-5-11-26-24(27)23(32-25(26)31)16-19-9-10-20(22(15-19)28-6-2)29-12-13-30-21-14-17(3)7-8-18(21)4/h5,7-10,14-16H,1,6,11-13H2,2-4H3. The maximum absolute atomic E-state index is 12.6. The van der Waals surface area contributed by atoms with Crippen LogP contribution in [0, 0.1) is 13.8 Å². The van der Waals surface area contributed by atoms with Crippen LogP contribution in [0.25, 0.3) is 6.08 Å². The van der Waals surface area contributed by atoms with Crippen molar-refractivity contribution in [3.63, 3.8) is 0 Å². The van der Waals surface area contributed by atoms with Crippen molar-refractivity contribution in [1.29, 1.82) is 0 Å². The molecule has 0 unspecified atom stereocenters. The number of hydrogen-bond acceptors (Lipinski definition) is 6. The zero-order valence-electron chi connectivity index (χ0n) is 18.6. The highest BCUT2D eigenvalue weighted by atomic mass is 32.2. The molecule has 168 valence electrons. The number of hydrogen-bond donors (Lipinski definition) is 0. The van der Waals surface area contributed by atoms with Crippen LogP contribution in [0.1, 0.15) is 23.6 Å². The Balaban J connectivity index is 1.67. The van der Waals surface area contributed by atoms with Gasteiger partial charge in [0.15, 0.2) is 11.5 Å². The molecule has 5 nitrogen and oxygen atoms in total. The lowest BCUT2D eigenvalue weighted by molar-refractivity contribution is -0.121. The third-order valence-corrected chi connectivity index (χ3v) is 6.07. The van der Waals surface area contributed by atoms with Gasteiger partial charge in [0.05, 0.1) is 11.5 Å². The van der Waals surface area contributed by atoms with E-state index in [1.54, 1.807) is 6.08 Å². The van der Waals surface area contributed by atoms with Crippen molar-refractivity contribution in [3.05, 3.63) is 70.6 Å². The van der Waals surface area contributed by atoms with E-state index in [2.05, 4.69) is 12.6 Å². The lowest BCUT2D eigenvalue weighted by Gasteiger charge is -2.14. The summed E-state index contributed by atoms with van der Waals surface area (Å²) in [5.74, 6) is 2.01. The number of thiocarbonyl (C=S) groups is 1. The van der Waals surface area contributed by atoms with Crippen molar-refractivity contribution in [2.24, 2.45) is 0 Å². The molecule has 0 bridgehead atoms. The van der Waals surface area contributed by atoms with Crippen molar-refractivity contribution in [1.82, 2.24) is 4.90 Å². The predicted octanol–water partition coefficient (Wildman–Crippen LogP) is 5.55. The van der Waals surface area contributed by atoms with Gasteiger partial charge in [0.25, 0.3) is 5.91 Å². The normalized spacial score (nSPS) is 14.7. The highest BCUT2D eigenvalue weighted by Gasteiger charge is 2.31. The van der Waals surface area contributed by atoms with E-state index in [9.17, 15) is 4.79 Å². The quantitative estimate of drug-likeness (QED) is 0.197. The van der Waals surface area contributed by atoms with Crippen molar-refractivity contribution < 1.29 is 19.0 Å². The molecule has 1 aliphatic rings. The summed E-state index contributed by atoms with van der Waals surface area (Å²) >= 11 is 6.59. The van der Waals surface area contributed by atoms with E-state index in [1.807, 2.05) is 57.2 Å². The Kier molecular flexibility index (Phi) is 8.36. The minimum absolute atomic E-state index is 0.109. The highest BCUT2D eigenvalue weighted by Crippen LogP contribution is 2.35. The van der Waals surface area contributed by atoms with Crippen molar-refractivity contribution in [3.8, 4) is 17.2 Å². The molecule has 1 aliphatic heterocycles. The fourth-order valence-electron chi connectivity index (χ4n) is 3.11. The number of thioether (sulfide) groups is 1. The summed E-state index contributed by atoms with van der Waals surface area (Å²) in [6.45, 7) is 11.4. The van der Waals surface area contributed by atoms with Crippen molar-refractivity contribution >= 4 is 40.3 Å². The number of amides is 1. The summed E-state index contributed by atoms with van der Waals surface area (Å²) in [7, 11) is 0. The lowest BCUT2D eigenvalue weighted by atomic mass is 10.1. The van der Waals surface area contributed by atoms with Gasteiger partial charge in [-0.1, -0.05) is 48.3 Å². The number of nitrogens with zero attached hydrogens (tertiary/aromatic N) is 1. The Morgan fingerprint density at radius 3 is 2.50 bits per heavy atom. The Morgan fingerprint density at radius 1 is 1.03 bits per heavy atom. The molecule has 1 heterocycles. The number of carbonyl (C=O) groups is 1. The van der Waals surface area contributed by atoms with Crippen LogP contribution in [0.2, 0.25) is 0 Å². The van der Waals surface area contributed by atoms with Gasteiger partial charge in [0, 0.05) is 6.54 Å². The average molecular weight is 470 g/mol. The molecule has 32 heavy (non-hydrogen) atoms. The number of benzene rings is 2. The Labute approximate surface area is 199 Å². The van der Waals surface area contributed by atoms with Gasteiger partial charge in [0.2, 0.25) is 0 Å². The van der Waals surface area contributed by atoms with Crippen LogP contribution in [0.3, 0.4) is 0 Å². The van der Waals surface area contributed by atoms with E-state index < -0.39 is 0 Å². The molecule has 2 aromatic rings. The maximum Gasteiger partial charge on any atom is 0.266 e. The molecule has 0 spiro atoms. The average Bonchev–Trinajstić information content (AvgIpc) is 3.02. The highest BCUT2D eigenvalue weighted by molar-refractivity contribution is 8.26. The van der Waals surface area contributed by atoms with Gasteiger partial charge in [-0.15, -0.1) is 6.58 Å². The van der Waals surface area contributed by atoms with Crippen LogP contribution in [0.4, 0.5) is 0 Å². The number of aryl methyl sites for hydroxylation is 2. The van der Waals surface area contributed by atoms with Crippen LogP contribution in [-0.2, 0) is 4.79 Å². The predicted molar refractivity (Wildman–Crippen MR) is 135 cm³/mol. The first-order chi connectivity index (χ1) is 15.4. The molecule has 0 N–H and O–H groups in total. The molecule has 0 aliphatic carbocycles. The third-order valence-electron chi connectivity index (χ3n) is 4.69. The molecular formula is C25H27NO4S2. The fourth-order valence-corrected chi connectivity index (χ4v) is 4.38. The minimum Gasteiger partial charge on any atom is -0.490 e. The molecule has 3 rings (SSSR count). The van der Waals surface area contributed by atoms with Gasteiger partial charge in [-0.3, -0.25) is 9.69 Å². The topological polar surface area (TPSA) is 48.0 Å². The zero-order chi connectivity index (χ0) is 23.1. The van der Waals surface area contributed by atoms with E-state index >= 15 is 0 Å². The minimum atomic E-state index is -0.109. The first-order valence-electron chi connectivity index (χ1n) is 10.4. The van der Waals surface area contributed by atoms with E-state index in [0.29, 0.717) is 47.1 Å². The van der Waals surface area contributed by atoms with Crippen LogP contribution in [0.15, 0.2) is 54.0 Å². The second-order valence-corrected chi connectivity index (χ2v) is 8.86. The van der Waals surface area contributed by atoms with Crippen molar-refractivity contribution in [2.75, 3.05) is 26.4 Å². The smallest absolute Gasteiger partial charge is 0.266 e. The van der Waals surface area contributed by atoms with E-state index in [4.69, 9.17) is 26.4 Å². The van der Waals surface area contributed by atoms with Crippen LogP contribution in [0.5, 0.6) is 17.2 Å². The van der Waals surface area contributed by atoms with Gasteiger partial charge in [0.1, 0.15) is 23.3 Å². The summed E-state index contributed by atoms with van der Waals surface area (Å²) in [5.41, 5.74) is 3.09. The van der Waals surface area contributed by atoms with Crippen LogP contribution < -0.4 is 14.2 Å². The maximum atomic E-state index is 12.6. The van der Waals surface area contributed by atoms with Gasteiger partial charge in [-0.2, -0.15) is 0 Å². The number of carbonyl (C=O) groups excluding carboxylic acids is 1. The van der Waals surface area contributed by atoms with Crippen LogP contribution >= 0.6 is 24.0 Å². The first-order valence-corrected chi connectivity index (χ1v) is 11.6. The molecular weight excluding hydrogens is 442 g/mol. The molecule has 7 heteroatoms. The van der Waals surface area contributed by atoms with Gasteiger partial charge in [-0.05, 0) is 61.7 Å². The largest absolute Gasteiger partial charge is 0.490 e. The first kappa shape index (κ1) is 23.9. The monoisotopic (exact) mass is 469 g/mol. The SMILES string of the molecule is C=CCN1C(=O)C(=Cc2ccc(OCCOc3cc(C)ccc3C)c(OCC)c2)SC1=S. The van der Waals surface area contributed by atoms with Crippen LogP contribution in [-0.4, -0.2) is 41.5 Å². The Bertz CT molecular complexity index is 1050. The van der Waals surface area contributed by atoms with E-state index in [1.165, 1.54) is 16.7 Å². The zero-order valence-corrected chi connectivity index (χ0v) is 20.2. The summed E-state index contributed by atoms with van der Waals surface area (Å²) in [6, 6.07) is 11.7. The molecule has 1 fully saturated rings. The lowest BCUT2D eigenvalue weighted by Crippen LogP contribution is -2.27. The second kappa shape index (κ2) is 11.2. The molecule has 0 aromatic heterocycles. The molecule has 1 saturated heterocycles. The molecule has 0 saturated carbocycles. The Morgan fingerprint density at radius 2 is 1.78 bits per heavy atom. The van der Waals surface area contributed by atoms with E-state index in [-0.39, 0.29) is 5.91 Å². The van der Waals surface area contributed by atoms with Gasteiger partial charge < -0.3 is 14.2 Å². The molecule has 0 radical (unpaired) electrons. The number of rotatable bonds is 10. The van der Waals surface area contributed by atoms with Gasteiger partial charge >= 0.3 is 0 Å². The number of ether oxygens (including phenoxy) is 3. The summed E-state index contributed by atoms with van der Waals surface area (Å²) in [4.78, 5) is 14.7. The second-order valence-electron chi connectivity index (χ2n) is 7.19. The third kappa shape index (κ3) is 5.93. The van der Waals surface area contributed by atoms with E-state index in [0.717, 1.165) is 22.4 Å². The Hall–Kier alpha value is -2.77. The summed E-state index contributed by atoms with van der Waals surface area (Å²) in [5, 5.41) is 0.